The minimum atomic E-state index is -0.173. The van der Waals surface area contributed by atoms with Crippen LogP contribution in [0.4, 0.5) is 4.39 Å². The third kappa shape index (κ3) is 3.52. The Labute approximate surface area is 110 Å². The van der Waals surface area contributed by atoms with Crippen molar-refractivity contribution in [1.29, 1.82) is 0 Å². The van der Waals surface area contributed by atoms with Crippen molar-refractivity contribution < 1.29 is 9.13 Å². The topological polar surface area (TPSA) is 9.23 Å². The van der Waals surface area contributed by atoms with Gasteiger partial charge in [-0.1, -0.05) is 28.1 Å². The number of hydrogen-bond acceptors (Lipinski definition) is 1. The van der Waals surface area contributed by atoms with Gasteiger partial charge < -0.3 is 4.74 Å². The molecular weight excluding hydrogens is 283 g/mol. The van der Waals surface area contributed by atoms with Gasteiger partial charge in [0, 0.05) is 5.33 Å². The highest BCUT2D eigenvalue weighted by molar-refractivity contribution is 9.09. The fraction of sp³-hybridized carbons (Fsp3) is 0.571. The van der Waals surface area contributed by atoms with Gasteiger partial charge >= 0.3 is 0 Å². The molecule has 0 aromatic heterocycles. The summed E-state index contributed by atoms with van der Waals surface area (Å²) in [6.07, 6.45) is 4.07. The molecule has 0 radical (unpaired) electrons. The molecular formula is C14H18BrFO. The number of halogens is 2. The molecule has 0 aliphatic carbocycles. The summed E-state index contributed by atoms with van der Waals surface area (Å²) in [5.74, 6) is 0.235. The first kappa shape index (κ1) is 13.0. The molecule has 1 aromatic carbocycles. The lowest BCUT2D eigenvalue weighted by Gasteiger charge is -2.19. The molecule has 94 valence electrons. The quantitative estimate of drug-likeness (QED) is 0.755. The monoisotopic (exact) mass is 300 g/mol. The number of hydrogen-bond donors (Lipinski definition) is 0. The SMILES string of the molecule is CC1CCC(CC(CBr)c2ccc(F)cc2)O1. The predicted molar refractivity (Wildman–Crippen MR) is 71.1 cm³/mol. The summed E-state index contributed by atoms with van der Waals surface area (Å²) in [6.45, 7) is 2.13. The van der Waals surface area contributed by atoms with Gasteiger partial charge in [0.2, 0.25) is 0 Å². The first-order valence-corrected chi connectivity index (χ1v) is 7.28. The summed E-state index contributed by atoms with van der Waals surface area (Å²) >= 11 is 3.54. The van der Waals surface area contributed by atoms with Gasteiger partial charge in [0.05, 0.1) is 12.2 Å². The van der Waals surface area contributed by atoms with Gasteiger partial charge in [-0.25, -0.2) is 4.39 Å². The zero-order valence-electron chi connectivity index (χ0n) is 10.0. The van der Waals surface area contributed by atoms with Crippen molar-refractivity contribution in [2.45, 2.75) is 44.3 Å². The third-order valence-electron chi connectivity index (χ3n) is 3.40. The summed E-state index contributed by atoms with van der Waals surface area (Å²) in [4.78, 5) is 0. The molecule has 1 heterocycles. The van der Waals surface area contributed by atoms with Crippen LogP contribution in [0.1, 0.15) is 37.7 Å². The maximum atomic E-state index is 12.9. The molecule has 1 fully saturated rings. The zero-order chi connectivity index (χ0) is 12.3. The van der Waals surface area contributed by atoms with E-state index in [9.17, 15) is 4.39 Å². The lowest BCUT2D eigenvalue weighted by atomic mass is 9.94. The second-order valence-electron chi connectivity index (χ2n) is 4.78. The Hall–Kier alpha value is -0.410. The first-order chi connectivity index (χ1) is 8.19. The minimum absolute atomic E-state index is 0.173. The van der Waals surface area contributed by atoms with Crippen LogP contribution in [-0.4, -0.2) is 17.5 Å². The van der Waals surface area contributed by atoms with E-state index in [4.69, 9.17) is 4.74 Å². The van der Waals surface area contributed by atoms with E-state index in [-0.39, 0.29) is 5.82 Å². The molecule has 3 atom stereocenters. The average Bonchev–Trinajstić information content (AvgIpc) is 2.73. The van der Waals surface area contributed by atoms with Crippen LogP contribution in [0.5, 0.6) is 0 Å². The molecule has 3 unspecified atom stereocenters. The van der Waals surface area contributed by atoms with Crippen molar-refractivity contribution in [3.8, 4) is 0 Å². The Bertz CT molecular complexity index is 352. The molecule has 0 bridgehead atoms. The van der Waals surface area contributed by atoms with Crippen LogP contribution in [-0.2, 0) is 4.74 Å². The van der Waals surface area contributed by atoms with E-state index in [2.05, 4.69) is 22.9 Å². The van der Waals surface area contributed by atoms with E-state index in [1.54, 1.807) is 0 Å². The fourth-order valence-corrected chi connectivity index (χ4v) is 3.04. The molecule has 1 aromatic rings. The van der Waals surface area contributed by atoms with E-state index in [0.717, 1.165) is 24.6 Å². The van der Waals surface area contributed by atoms with Gasteiger partial charge in [-0.05, 0) is 49.8 Å². The van der Waals surface area contributed by atoms with Crippen LogP contribution >= 0.6 is 15.9 Å². The van der Waals surface area contributed by atoms with Crippen molar-refractivity contribution >= 4 is 15.9 Å². The van der Waals surface area contributed by atoms with Gasteiger partial charge in [0.15, 0.2) is 0 Å². The Morgan fingerprint density at radius 3 is 2.59 bits per heavy atom. The second kappa shape index (κ2) is 5.96. The molecule has 1 nitrogen and oxygen atoms in total. The van der Waals surface area contributed by atoms with E-state index < -0.39 is 0 Å². The zero-order valence-corrected chi connectivity index (χ0v) is 11.6. The Balaban J connectivity index is 1.98. The van der Waals surface area contributed by atoms with Crippen molar-refractivity contribution in [1.82, 2.24) is 0 Å². The van der Waals surface area contributed by atoms with Gasteiger partial charge in [-0.3, -0.25) is 0 Å². The van der Waals surface area contributed by atoms with Crippen molar-refractivity contribution in [2.75, 3.05) is 5.33 Å². The van der Waals surface area contributed by atoms with Crippen LogP contribution in [0.15, 0.2) is 24.3 Å². The Morgan fingerprint density at radius 1 is 1.35 bits per heavy atom. The molecule has 0 spiro atoms. The molecule has 2 rings (SSSR count). The van der Waals surface area contributed by atoms with Gasteiger partial charge in [-0.2, -0.15) is 0 Å². The number of ether oxygens (including phenoxy) is 1. The van der Waals surface area contributed by atoms with Gasteiger partial charge in [0.25, 0.3) is 0 Å². The fourth-order valence-electron chi connectivity index (χ4n) is 2.40. The maximum Gasteiger partial charge on any atom is 0.123 e. The molecule has 17 heavy (non-hydrogen) atoms. The van der Waals surface area contributed by atoms with E-state index in [1.165, 1.54) is 17.7 Å². The summed E-state index contributed by atoms with van der Waals surface area (Å²) in [6, 6.07) is 6.81. The maximum absolute atomic E-state index is 12.9. The van der Waals surface area contributed by atoms with Crippen molar-refractivity contribution in [2.24, 2.45) is 0 Å². The Kier molecular flexibility index (Phi) is 4.57. The number of alkyl halides is 1. The summed E-state index contributed by atoms with van der Waals surface area (Å²) in [7, 11) is 0. The first-order valence-electron chi connectivity index (χ1n) is 6.16. The molecule has 1 aliphatic heterocycles. The van der Waals surface area contributed by atoms with Crippen LogP contribution in [0.3, 0.4) is 0 Å². The smallest absolute Gasteiger partial charge is 0.123 e. The largest absolute Gasteiger partial charge is 0.375 e. The molecule has 3 heteroatoms. The molecule has 0 saturated carbocycles. The van der Waals surface area contributed by atoms with E-state index in [0.29, 0.717) is 18.1 Å². The van der Waals surface area contributed by atoms with E-state index in [1.807, 2.05) is 12.1 Å². The summed E-state index contributed by atoms with van der Waals surface area (Å²) < 4.78 is 18.7. The normalized spacial score (nSPS) is 26.1. The van der Waals surface area contributed by atoms with Crippen LogP contribution in [0.2, 0.25) is 0 Å². The lowest BCUT2D eigenvalue weighted by molar-refractivity contribution is 0.0479. The average molecular weight is 301 g/mol. The van der Waals surface area contributed by atoms with Crippen molar-refractivity contribution in [3.05, 3.63) is 35.6 Å². The predicted octanol–water partition coefficient (Wildman–Crippen LogP) is 4.26. The second-order valence-corrected chi connectivity index (χ2v) is 5.43. The highest BCUT2D eigenvalue weighted by Gasteiger charge is 2.25. The van der Waals surface area contributed by atoms with Crippen LogP contribution in [0, 0.1) is 5.82 Å². The highest BCUT2D eigenvalue weighted by atomic mass is 79.9. The van der Waals surface area contributed by atoms with Crippen molar-refractivity contribution in [3.63, 3.8) is 0 Å². The number of rotatable bonds is 4. The molecule has 1 aliphatic rings. The van der Waals surface area contributed by atoms with Crippen LogP contribution in [0.25, 0.3) is 0 Å². The van der Waals surface area contributed by atoms with Crippen LogP contribution < -0.4 is 0 Å². The minimum Gasteiger partial charge on any atom is -0.375 e. The molecule has 1 saturated heterocycles. The summed E-state index contributed by atoms with van der Waals surface area (Å²) in [5, 5.41) is 0.896. The molecule has 0 N–H and O–H groups in total. The summed E-state index contributed by atoms with van der Waals surface area (Å²) in [5.41, 5.74) is 1.19. The molecule has 0 amide bonds. The van der Waals surface area contributed by atoms with Gasteiger partial charge in [-0.15, -0.1) is 0 Å². The van der Waals surface area contributed by atoms with Gasteiger partial charge in [0.1, 0.15) is 5.82 Å². The third-order valence-corrected chi connectivity index (χ3v) is 4.18. The van der Waals surface area contributed by atoms with E-state index >= 15 is 0 Å². The number of benzene rings is 1. The Morgan fingerprint density at radius 2 is 2.06 bits per heavy atom. The highest BCUT2D eigenvalue weighted by Crippen LogP contribution is 2.30. The lowest BCUT2D eigenvalue weighted by Crippen LogP contribution is -2.14. The standard InChI is InChI=1S/C14H18BrFO/c1-10-2-7-14(17-10)8-12(9-15)11-3-5-13(16)6-4-11/h3-6,10,12,14H,2,7-9H2,1H3.